The molecule has 0 aromatic rings. The number of hydrogen-bond acceptors (Lipinski definition) is 2. The molecule has 0 spiro atoms. The molecule has 2 aliphatic rings. The van der Waals surface area contributed by atoms with Gasteiger partial charge in [-0.05, 0) is 31.6 Å². The maximum Gasteiger partial charge on any atom is 0.160 e. The standard InChI is InChI=1S/C18H32O2/c1-6-15(7-2)18(5)11-19-17(20-12-18)16-9-8-13(3)10-14(16)4/h10,14-17H,6-9,11-12H2,1-5H3. The largest absolute Gasteiger partial charge is 0.352 e. The van der Waals surface area contributed by atoms with Gasteiger partial charge in [0.2, 0.25) is 0 Å². The first-order valence-corrected chi connectivity index (χ1v) is 8.40. The van der Waals surface area contributed by atoms with Gasteiger partial charge in [-0.15, -0.1) is 0 Å². The van der Waals surface area contributed by atoms with Crippen LogP contribution in [-0.4, -0.2) is 19.5 Å². The van der Waals surface area contributed by atoms with Crippen molar-refractivity contribution in [1.82, 2.24) is 0 Å². The lowest BCUT2D eigenvalue weighted by Gasteiger charge is -2.45. The third-order valence-electron chi connectivity index (χ3n) is 5.57. The monoisotopic (exact) mass is 280 g/mol. The van der Waals surface area contributed by atoms with E-state index in [1.807, 2.05) is 0 Å². The molecule has 1 heterocycles. The number of hydrogen-bond donors (Lipinski definition) is 0. The number of rotatable bonds is 4. The predicted octanol–water partition coefficient (Wildman–Crippen LogP) is 4.79. The third kappa shape index (κ3) is 3.28. The zero-order valence-electron chi connectivity index (χ0n) is 13.9. The van der Waals surface area contributed by atoms with E-state index in [0.29, 0.717) is 17.8 Å². The fourth-order valence-electron chi connectivity index (χ4n) is 4.09. The zero-order valence-corrected chi connectivity index (χ0v) is 13.9. The molecule has 2 rings (SSSR count). The smallest absolute Gasteiger partial charge is 0.160 e. The van der Waals surface area contributed by atoms with Gasteiger partial charge in [-0.3, -0.25) is 0 Å². The van der Waals surface area contributed by atoms with Gasteiger partial charge in [0, 0.05) is 11.3 Å². The predicted molar refractivity (Wildman–Crippen MR) is 83.5 cm³/mol. The van der Waals surface area contributed by atoms with Gasteiger partial charge in [0.25, 0.3) is 0 Å². The van der Waals surface area contributed by atoms with Crippen LogP contribution in [0.15, 0.2) is 11.6 Å². The Bertz CT molecular complexity index is 335. The van der Waals surface area contributed by atoms with Crippen LogP contribution >= 0.6 is 0 Å². The SMILES string of the molecule is CCC(CC)C1(C)COC(C2CCC(C)=CC2C)OC1. The van der Waals surface area contributed by atoms with Gasteiger partial charge in [0.1, 0.15) is 0 Å². The average Bonchev–Trinajstić information content (AvgIpc) is 2.41. The summed E-state index contributed by atoms with van der Waals surface area (Å²) in [5.41, 5.74) is 1.72. The molecule has 1 saturated heterocycles. The highest BCUT2D eigenvalue weighted by Crippen LogP contribution is 2.40. The minimum Gasteiger partial charge on any atom is -0.352 e. The molecule has 0 N–H and O–H groups in total. The molecule has 1 aliphatic carbocycles. The minimum absolute atomic E-state index is 0.0109. The van der Waals surface area contributed by atoms with Crippen LogP contribution in [0.5, 0.6) is 0 Å². The van der Waals surface area contributed by atoms with Crippen molar-refractivity contribution in [1.29, 1.82) is 0 Å². The molecule has 1 fully saturated rings. The van der Waals surface area contributed by atoms with Crippen molar-refractivity contribution in [2.45, 2.75) is 66.6 Å². The molecule has 2 nitrogen and oxygen atoms in total. The highest BCUT2D eigenvalue weighted by Gasteiger charge is 2.41. The zero-order chi connectivity index (χ0) is 14.8. The molecule has 0 saturated carbocycles. The summed E-state index contributed by atoms with van der Waals surface area (Å²) in [5.74, 6) is 1.81. The summed E-state index contributed by atoms with van der Waals surface area (Å²) in [6.07, 6.45) is 7.24. The second-order valence-corrected chi connectivity index (χ2v) is 7.23. The van der Waals surface area contributed by atoms with Crippen LogP contribution in [0.2, 0.25) is 0 Å². The highest BCUT2D eigenvalue weighted by atomic mass is 16.7. The normalized spacial score (nSPS) is 38.9. The fourth-order valence-corrected chi connectivity index (χ4v) is 4.09. The Morgan fingerprint density at radius 2 is 1.85 bits per heavy atom. The van der Waals surface area contributed by atoms with Crippen molar-refractivity contribution in [3.63, 3.8) is 0 Å². The molecule has 20 heavy (non-hydrogen) atoms. The van der Waals surface area contributed by atoms with Gasteiger partial charge >= 0.3 is 0 Å². The summed E-state index contributed by atoms with van der Waals surface area (Å²) < 4.78 is 12.3. The molecule has 0 amide bonds. The Morgan fingerprint density at radius 3 is 2.35 bits per heavy atom. The molecular formula is C18H32O2. The Labute approximate surface area is 124 Å². The van der Waals surface area contributed by atoms with Crippen LogP contribution < -0.4 is 0 Å². The molecule has 2 heteroatoms. The number of allylic oxidation sites excluding steroid dienone is 2. The lowest BCUT2D eigenvalue weighted by atomic mass is 9.74. The van der Waals surface area contributed by atoms with Crippen LogP contribution in [0.3, 0.4) is 0 Å². The van der Waals surface area contributed by atoms with E-state index in [1.54, 1.807) is 0 Å². The minimum atomic E-state index is 0.0109. The topological polar surface area (TPSA) is 18.5 Å². The summed E-state index contributed by atoms with van der Waals surface area (Å²) in [6, 6.07) is 0. The van der Waals surface area contributed by atoms with Crippen molar-refractivity contribution in [3.05, 3.63) is 11.6 Å². The summed E-state index contributed by atoms with van der Waals surface area (Å²) >= 11 is 0. The van der Waals surface area contributed by atoms with Crippen LogP contribution in [0.25, 0.3) is 0 Å². The molecule has 2 atom stereocenters. The Morgan fingerprint density at radius 1 is 1.25 bits per heavy atom. The van der Waals surface area contributed by atoms with Gasteiger partial charge in [-0.2, -0.15) is 0 Å². The van der Waals surface area contributed by atoms with E-state index in [0.717, 1.165) is 13.2 Å². The molecule has 0 radical (unpaired) electrons. The van der Waals surface area contributed by atoms with Gasteiger partial charge in [-0.25, -0.2) is 0 Å². The second kappa shape index (κ2) is 6.62. The van der Waals surface area contributed by atoms with Crippen LogP contribution in [0, 0.1) is 23.2 Å². The van der Waals surface area contributed by atoms with Gasteiger partial charge in [0.15, 0.2) is 6.29 Å². The van der Waals surface area contributed by atoms with E-state index in [2.05, 4.69) is 40.7 Å². The Kier molecular flexibility index (Phi) is 5.30. The van der Waals surface area contributed by atoms with Gasteiger partial charge in [-0.1, -0.05) is 52.2 Å². The average molecular weight is 280 g/mol. The maximum atomic E-state index is 6.17. The fraction of sp³-hybridized carbons (Fsp3) is 0.889. The van der Waals surface area contributed by atoms with Crippen molar-refractivity contribution in [2.24, 2.45) is 23.2 Å². The first-order valence-electron chi connectivity index (χ1n) is 8.40. The van der Waals surface area contributed by atoms with E-state index in [1.165, 1.54) is 31.3 Å². The third-order valence-corrected chi connectivity index (χ3v) is 5.57. The Hall–Kier alpha value is -0.340. The van der Waals surface area contributed by atoms with Crippen molar-refractivity contribution in [3.8, 4) is 0 Å². The first-order chi connectivity index (χ1) is 9.50. The second-order valence-electron chi connectivity index (χ2n) is 7.23. The molecule has 116 valence electrons. The first kappa shape index (κ1) is 16.0. The van der Waals surface area contributed by atoms with Crippen molar-refractivity contribution < 1.29 is 9.47 Å². The van der Waals surface area contributed by atoms with Crippen LogP contribution in [-0.2, 0) is 9.47 Å². The summed E-state index contributed by atoms with van der Waals surface area (Å²) in [5, 5.41) is 0. The molecule has 1 aliphatic heterocycles. The van der Waals surface area contributed by atoms with Crippen LogP contribution in [0.4, 0.5) is 0 Å². The van der Waals surface area contributed by atoms with E-state index in [-0.39, 0.29) is 11.7 Å². The molecular weight excluding hydrogens is 248 g/mol. The van der Waals surface area contributed by atoms with Crippen LogP contribution in [0.1, 0.15) is 60.3 Å². The summed E-state index contributed by atoms with van der Waals surface area (Å²) in [7, 11) is 0. The molecule has 2 unspecified atom stereocenters. The summed E-state index contributed by atoms with van der Waals surface area (Å²) in [6.45, 7) is 13.1. The number of ether oxygens (including phenoxy) is 2. The lowest BCUT2D eigenvalue weighted by Crippen LogP contribution is -2.47. The molecule has 0 bridgehead atoms. The highest BCUT2D eigenvalue weighted by molar-refractivity contribution is 5.06. The molecule has 0 aromatic heterocycles. The molecule has 0 aromatic carbocycles. The van der Waals surface area contributed by atoms with E-state index >= 15 is 0 Å². The quantitative estimate of drug-likeness (QED) is 0.689. The van der Waals surface area contributed by atoms with Crippen molar-refractivity contribution >= 4 is 0 Å². The maximum absolute atomic E-state index is 6.17. The summed E-state index contributed by atoms with van der Waals surface area (Å²) in [4.78, 5) is 0. The lowest BCUT2D eigenvalue weighted by molar-refractivity contribution is -0.262. The van der Waals surface area contributed by atoms with E-state index in [4.69, 9.17) is 9.47 Å². The van der Waals surface area contributed by atoms with Crippen molar-refractivity contribution in [2.75, 3.05) is 13.2 Å². The van der Waals surface area contributed by atoms with Gasteiger partial charge in [0.05, 0.1) is 13.2 Å². The van der Waals surface area contributed by atoms with E-state index in [9.17, 15) is 0 Å². The van der Waals surface area contributed by atoms with Gasteiger partial charge < -0.3 is 9.47 Å². The Balaban J connectivity index is 1.94. The van der Waals surface area contributed by atoms with E-state index < -0.39 is 0 Å².